The van der Waals surface area contributed by atoms with Crippen LogP contribution in [0.15, 0.2) is 24.3 Å². The lowest BCUT2D eigenvalue weighted by molar-refractivity contribution is 0.180. The number of para-hydroxylation sites is 1. The molecule has 4 heteroatoms. The van der Waals surface area contributed by atoms with E-state index < -0.39 is 0 Å². The number of nitrogens with zero attached hydrogens (tertiary/aromatic N) is 1. The van der Waals surface area contributed by atoms with E-state index in [0.29, 0.717) is 24.3 Å². The lowest BCUT2D eigenvalue weighted by Crippen LogP contribution is -2.33. The van der Waals surface area contributed by atoms with Crippen LogP contribution in [0.2, 0.25) is 5.02 Å². The van der Waals surface area contributed by atoms with Crippen LogP contribution in [-0.2, 0) is 0 Å². The van der Waals surface area contributed by atoms with Gasteiger partial charge in [0.15, 0.2) is 0 Å². The molecule has 106 valence electrons. The maximum absolute atomic E-state index is 8.91. The highest BCUT2D eigenvalue weighted by molar-refractivity contribution is 6.32. The van der Waals surface area contributed by atoms with Gasteiger partial charge in [-0.25, -0.2) is 0 Å². The maximum atomic E-state index is 8.91. The van der Waals surface area contributed by atoms with Crippen molar-refractivity contribution in [2.24, 2.45) is 0 Å². The van der Waals surface area contributed by atoms with E-state index in [4.69, 9.17) is 21.4 Å². The summed E-state index contributed by atoms with van der Waals surface area (Å²) in [5, 5.41) is 9.58. The molecule has 1 heterocycles. The second-order valence-electron chi connectivity index (χ2n) is 4.98. The highest BCUT2D eigenvalue weighted by atomic mass is 35.5. The van der Waals surface area contributed by atoms with Crippen LogP contribution in [0, 0.1) is 0 Å². The van der Waals surface area contributed by atoms with Crippen molar-refractivity contribution in [2.75, 3.05) is 26.3 Å². The Balaban J connectivity index is 1.74. The van der Waals surface area contributed by atoms with Gasteiger partial charge in [0, 0.05) is 19.2 Å². The zero-order valence-electron chi connectivity index (χ0n) is 11.2. The molecule has 3 nitrogen and oxygen atoms in total. The number of likely N-dealkylation sites (tertiary alicyclic amines) is 1. The van der Waals surface area contributed by atoms with Gasteiger partial charge in [0.05, 0.1) is 5.02 Å². The van der Waals surface area contributed by atoms with Gasteiger partial charge < -0.3 is 9.84 Å². The van der Waals surface area contributed by atoms with Crippen LogP contribution < -0.4 is 4.74 Å². The SMILES string of the molecule is OCCCC1CCCN1CCOc1ccccc1Cl. The minimum atomic E-state index is 0.292. The van der Waals surface area contributed by atoms with Crippen molar-refractivity contribution in [3.05, 3.63) is 29.3 Å². The summed E-state index contributed by atoms with van der Waals surface area (Å²) in [5.74, 6) is 0.760. The van der Waals surface area contributed by atoms with Crippen molar-refractivity contribution in [1.29, 1.82) is 0 Å². The van der Waals surface area contributed by atoms with Crippen molar-refractivity contribution in [3.8, 4) is 5.75 Å². The minimum Gasteiger partial charge on any atom is -0.491 e. The molecule has 0 spiro atoms. The number of aliphatic hydroxyl groups excluding tert-OH is 1. The van der Waals surface area contributed by atoms with Gasteiger partial charge in [-0.2, -0.15) is 0 Å². The fraction of sp³-hybridized carbons (Fsp3) is 0.600. The first-order valence-corrected chi connectivity index (χ1v) is 7.41. The number of rotatable bonds is 7. The fourth-order valence-electron chi connectivity index (χ4n) is 2.68. The molecule has 1 N–H and O–H groups in total. The van der Waals surface area contributed by atoms with Gasteiger partial charge in [0.2, 0.25) is 0 Å². The molecule has 1 saturated heterocycles. The average molecular weight is 284 g/mol. The van der Waals surface area contributed by atoms with Crippen molar-refractivity contribution < 1.29 is 9.84 Å². The van der Waals surface area contributed by atoms with E-state index in [1.165, 1.54) is 12.8 Å². The quantitative estimate of drug-likeness (QED) is 0.835. The molecule has 0 aliphatic carbocycles. The average Bonchev–Trinajstić information content (AvgIpc) is 2.86. The van der Waals surface area contributed by atoms with E-state index in [1.54, 1.807) is 0 Å². The molecule has 1 aliphatic rings. The molecule has 1 aromatic rings. The number of hydrogen-bond donors (Lipinski definition) is 1. The fourth-order valence-corrected chi connectivity index (χ4v) is 2.87. The summed E-state index contributed by atoms with van der Waals surface area (Å²) in [5.41, 5.74) is 0. The van der Waals surface area contributed by atoms with E-state index in [2.05, 4.69) is 4.90 Å². The van der Waals surface area contributed by atoms with Crippen molar-refractivity contribution in [3.63, 3.8) is 0 Å². The lowest BCUT2D eigenvalue weighted by Gasteiger charge is -2.24. The first kappa shape index (κ1) is 14.6. The highest BCUT2D eigenvalue weighted by Crippen LogP contribution is 2.24. The van der Waals surface area contributed by atoms with E-state index >= 15 is 0 Å². The van der Waals surface area contributed by atoms with Crippen LogP contribution in [0.4, 0.5) is 0 Å². The molecule has 1 aromatic carbocycles. The second kappa shape index (κ2) is 7.73. The number of halogens is 1. The highest BCUT2D eigenvalue weighted by Gasteiger charge is 2.23. The third kappa shape index (κ3) is 4.37. The Labute approximate surface area is 120 Å². The normalized spacial score (nSPS) is 19.8. The molecule has 1 atom stereocenters. The molecule has 0 aromatic heterocycles. The molecule has 0 radical (unpaired) electrons. The Morgan fingerprint density at radius 2 is 2.21 bits per heavy atom. The van der Waals surface area contributed by atoms with Crippen LogP contribution in [0.3, 0.4) is 0 Å². The Morgan fingerprint density at radius 3 is 3.00 bits per heavy atom. The zero-order valence-corrected chi connectivity index (χ0v) is 12.0. The maximum Gasteiger partial charge on any atom is 0.137 e. The summed E-state index contributed by atoms with van der Waals surface area (Å²) in [7, 11) is 0. The lowest BCUT2D eigenvalue weighted by atomic mass is 10.1. The molecule has 2 rings (SSSR count). The largest absolute Gasteiger partial charge is 0.491 e. The van der Waals surface area contributed by atoms with Crippen molar-refractivity contribution in [2.45, 2.75) is 31.7 Å². The topological polar surface area (TPSA) is 32.7 Å². The number of ether oxygens (including phenoxy) is 1. The predicted octanol–water partition coefficient (Wildman–Crippen LogP) is 2.96. The summed E-state index contributed by atoms with van der Waals surface area (Å²) < 4.78 is 5.73. The van der Waals surface area contributed by atoms with Crippen molar-refractivity contribution in [1.82, 2.24) is 4.90 Å². The van der Waals surface area contributed by atoms with Crippen molar-refractivity contribution >= 4 is 11.6 Å². The van der Waals surface area contributed by atoms with Crippen LogP contribution in [0.5, 0.6) is 5.75 Å². The van der Waals surface area contributed by atoms with Gasteiger partial charge in [0.1, 0.15) is 12.4 Å². The Morgan fingerprint density at radius 1 is 1.37 bits per heavy atom. The number of benzene rings is 1. The third-order valence-electron chi connectivity index (χ3n) is 3.67. The van der Waals surface area contributed by atoms with Gasteiger partial charge in [-0.05, 0) is 44.4 Å². The molecule has 0 bridgehead atoms. The van der Waals surface area contributed by atoms with Gasteiger partial charge in [-0.15, -0.1) is 0 Å². The molecule has 19 heavy (non-hydrogen) atoms. The van der Waals surface area contributed by atoms with E-state index in [-0.39, 0.29) is 0 Å². The molecular weight excluding hydrogens is 262 g/mol. The van der Waals surface area contributed by atoms with Crippen LogP contribution in [-0.4, -0.2) is 42.4 Å². The summed E-state index contributed by atoms with van der Waals surface area (Å²) in [6, 6.07) is 8.19. The molecule has 0 saturated carbocycles. The van der Waals surface area contributed by atoms with Gasteiger partial charge in [-0.1, -0.05) is 23.7 Å². The molecule has 1 unspecified atom stereocenters. The van der Waals surface area contributed by atoms with E-state index in [9.17, 15) is 0 Å². The summed E-state index contributed by atoms with van der Waals surface area (Å²) in [6.45, 7) is 3.03. The minimum absolute atomic E-state index is 0.292. The number of aliphatic hydroxyl groups is 1. The van der Waals surface area contributed by atoms with E-state index in [0.717, 1.165) is 31.7 Å². The van der Waals surface area contributed by atoms with Gasteiger partial charge in [0.25, 0.3) is 0 Å². The Kier molecular flexibility index (Phi) is 5.95. The second-order valence-corrected chi connectivity index (χ2v) is 5.38. The first-order valence-electron chi connectivity index (χ1n) is 7.03. The van der Waals surface area contributed by atoms with Crippen LogP contribution >= 0.6 is 11.6 Å². The first-order chi connectivity index (χ1) is 9.31. The smallest absolute Gasteiger partial charge is 0.137 e. The predicted molar refractivity (Wildman–Crippen MR) is 77.9 cm³/mol. The third-order valence-corrected chi connectivity index (χ3v) is 3.98. The van der Waals surface area contributed by atoms with Gasteiger partial charge >= 0.3 is 0 Å². The van der Waals surface area contributed by atoms with Gasteiger partial charge in [-0.3, -0.25) is 4.90 Å². The Hall–Kier alpha value is -0.770. The monoisotopic (exact) mass is 283 g/mol. The molecule has 0 amide bonds. The summed E-state index contributed by atoms with van der Waals surface area (Å²) >= 11 is 6.05. The molecule has 1 aliphatic heterocycles. The van der Waals surface area contributed by atoms with Crippen LogP contribution in [0.25, 0.3) is 0 Å². The molecular formula is C15H22ClNO2. The van der Waals surface area contributed by atoms with Crippen LogP contribution in [0.1, 0.15) is 25.7 Å². The Bertz CT molecular complexity index is 386. The zero-order chi connectivity index (χ0) is 13.5. The van der Waals surface area contributed by atoms with E-state index in [1.807, 2.05) is 24.3 Å². The summed E-state index contributed by atoms with van der Waals surface area (Å²) in [6.07, 6.45) is 4.48. The number of hydrogen-bond acceptors (Lipinski definition) is 3. The molecule has 1 fully saturated rings. The standard InChI is InChI=1S/C15H22ClNO2/c16-14-7-1-2-8-15(14)19-12-10-17-9-3-5-13(17)6-4-11-18/h1-2,7-8,13,18H,3-6,9-12H2. The summed E-state index contributed by atoms with van der Waals surface area (Å²) in [4.78, 5) is 2.46.